The molecule has 0 saturated carbocycles. The number of rotatable bonds is 7. The lowest BCUT2D eigenvalue weighted by molar-refractivity contribution is 0.102. The Morgan fingerprint density at radius 1 is 1.06 bits per heavy atom. The van der Waals surface area contributed by atoms with Crippen molar-refractivity contribution in [1.82, 2.24) is 9.78 Å². The molecule has 2 N–H and O–H groups in total. The van der Waals surface area contributed by atoms with Gasteiger partial charge in [0.15, 0.2) is 0 Å². The van der Waals surface area contributed by atoms with Crippen LogP contribution < -0.4 is 20.1 Å². The Balaban J connectivity index is 1.50. The number of anilines is 2. The van der Waals surface area contributed by atoms with E-state index in [1.165, 1.54) is 5.56 Å². The quantitative estimate of drug-likeness (QED) is 0.344. The Morgan fingerprint density at radius 2 is 1.83 bits per heavy atom. The van der Waals surface area contributed by atoms with Gasteiger partial charge in [-0.05, 0) is 61.9 Å². The van der Waals surface area contributed by atoms with Crippen molar-refractivity contribution in [3.05, 3.63) is 107 Å². The van der Waals surface area contributed by atoms with Gasteiger partial charge in [0.2, 0.25) is 0 Å². The van der Waals surface area contributed by atoms with E-state index in [9.17, 15) is 4.79 Å². The Hall–Kier alpha value is -4.52. The van der Waals surface area contributed by atoms with Crippen LogP contribution in [0.1, 0.15) is 40.0 Å². The summed E-state index contributed by atoms with van der Waals surface area (Å²) < 4.78 is 12.8. The van der Waals surface area contributed by atoms with Gasteiger partial charge >= 0.3 is 0 Å². The number of carbonyl (C=O) groups excluding carboxylic acids is 1. The number of methoxy groups -OCH3 is 1. The predicted octanol–water partition coefficient (Wildman–Crippen LogP) is 5.91. The molecule has 7 nitrogen and oxygen atoms in total. The number of allylic oxidation sites excluding steroid dienone is 1. The van der Waals surface area contributed by atoms with Crippen LogP contribution in [0.4, 0.5) is 11.5 Å². The van der Waals surface area contributed by atoms with Crippen molar-refractivity contribution in [2.24, 2.45) is 0 Å². The summed E-state index contributed by atoms with van der Waals surface area (Å²) in [6, 6.07) is 23.3. The Kier molecular flexibility index (Phi) is 6.45. The number of nitrogens with one attached hydrogen (secondary N) is 2. The third kappa shape index (κ3) is 4.68. The third-order valence-corrected chi connectivity index (χ3v) is 6.10. The highest BCUT2D eigenvalue weighted by Crippen LogP contribution is 2.36. The average molecular weight is 481 g/mol. The minimum absolute atomic E-state index is 0.185. The Morgan fingerprint density at radius 3 is 2.56 bits per heavy atom. The fourth-order valence-electron chi connectivity index (χ4n) is 4.22. The van der Waals surface area contributed by atoms with Gasteiger partial charge in [0.05, 0.1) is 26.0 Å². The number of nitrogens with zero attached hydrogens (tertiary/aromatic N) is 2. The standard InChI is InChI=1S/C29H28N4O3/c1-4-36-23-14-12-22(13-15-23)31-29(34)25-18-30-33-27(20-10-8-19(2)9-11-20)17-26(32-28(25)33)21-6-5-7-24(16-21)35-3/h5-18,27,32H,4H2,1-3H3,(H,31,34)/t27-/m0/s1. The third-order valence-electron chi connectivity index (χ3n) is 6.10. The molecule has 2 heterocycles. The van der Waals surface area contributed by atoms with Crippen molar-refractivity contribution < 1.29 is 14.3 Å². The topological polar surface area (TPSA) is 77.4 Å². The normalized spacial score (nSPS) is 14.3. The zero-order valence-corrected chi connectivity index (χ0v) is 20.5. The minimum Gasteiger partial charge on any atom is -0.497 e. The van der Waals surface area contributed by atoms with E-state index >= 15 is 0 Å². The molecule has 0 spiro atoms. The summed E-state index contributed by atoms with van der Waals surface area (Å²) in [5.41, 5.74) is 5.22. The number of hydrogen-bond donors (Lipinski definition) is 2. The van der Waals surface area contributed by atoms with Gasteiger partial charge in [-0.3, -0.25) is 4.79 Å². The molecule has 0 aliphatic carbocycles. The molecule has 7 heteroatoms. The van der Waals surface area contributed by atoms with E-state index in [1.807, 2.05) is 60.1 Å². The molecule has 1 aromatic heterocycles. The first-order valence-corrected chi connectivity index (χ1v) is 11.9. The highest BCUT2D eigenvalue weighted by Gasteiger charge is 2.28. The van der Waals surface area contributed by atoms with E-state index in [0.717, 1.165) is 28.3 Å². The van der Waals surface area contributed by atoms with Crippen LogP contribution in [0.25, 0.3) is 5.70 Å². The van der Waals surface area contributed by atoms with Gasteiger partial charge in [-0.2, -0.15) is 5.10 Å². The largest absolute Gasteiger partial charge is 0.497 e. The zero-order valence-electron chi connectivity index (χ0n) is 20.5. The van der Waals surface area contributed by atoms with Gasteiger partial charge in [-0.25, -0.2) is 4.68 Å². The maximum Gasteiger partial charge on any atom is 0.261 e. The first-order valence-electron chi connectivity index (χ1n) is 11.9. The van der Waals surface area contributed by atoms with Gasteiger partial charge in [0, 0.05) is 16.9 Å². The van der Waals surface area contributed by atoms with Crippen LogP contribution in [0.5, 0.6) is 11.5 Å². The van der Waals surface area contributed by atoms with Crippen molar-refractivity contribution in [2.75, 3.05) is 24.4 Å². The highest BCUT2D eigenvalue weighted by molar-refractivity contribution is 6.08. The first kappa shape index (κ1) is 23.2. The zero-order chi connectivity index (χ0) is 25.1. The molecule has 5 rings (SSSR count). The molecule has 36 heavy (non-hydrogen) atoms. The monoisotopic (exact) mass is 480 g/mol. The van der Waals surface area contributed by atoms with Crippen molar-refractivity contribution in [3.63, 3.8) is 0 Å². The van der Waals surface area contributed by atoms with Crippen LogP contribution in [0.3, 0.4) is 0 Å². The van der Waals surface area contributed by atoms with E-state index in [1.54, 1.807) is 13.3 Å². The smallest absolute Gasteiger partial charge is 0.261 e. The number of amides is 1. The first-order chi connectivity index (χ1) is 17.6. The molecule has 0 fully saturated rings. The second-order valence-corrected chi connectivity index (χ2v) is 8.56. The average Bonchev–Trinajstić information content (AvgIpc) is 3.34. The summed E-state index contributed by atoms with van der Waals surface area (Å²) >= 11 is 0. The van der Waals surface area contributed by atoms with E-state index in [2.05, 4.69) is 53.0 Å². The van der Waals surface area contributed by atoms with Crippen LogP contribution in [-0.2, 0) is 0 Å². The fraction of sp³-hybridized carbons (Fsp3) is 0.172. The Bertz CT molecular complexity index is 1410. The van der Waals surface area contributed by atoms with Crippen LogP contribution >= 0.6 is 0 Å². The molecule has 1 aliphatic rings. The molecule has 0 radical (unpaired) electrons. The molecule has 3 aromatic carbocycles. The molecular formula is C29H28N4O3. The second-order valence-electron chi connectivity index (χ2n) is 8.56. The van der Waals surface area contributed by atoms with Crippen LogP contribution in [0, 0.1) is 6.92 Å². The van der Waals surface area contributed by atoms with Gasteiger partial charge in [0.1, 0.15) is 22.9 Å². The molecular weight excluding hydrogens is 452 g/mol. The number of carbonyl (C=O) groups is 1. The molecule has 0 bridgehead atoms. The summed E-state index contributed by atoms with van der Waals surface area (Å²) in [7, 11) is 1.65. The molecule has 0 saturated heterocycles. The molecule has 1 atom stereocenters. The fourth-order valence-corrected chi connectivity index (χ4v) is 4.22. The van der Waals surface area contributed by atoms with Crippen molar-refractivity contribution in [2.45, 2.75) is 19.9 Å². The maximum absolute atomic E-state index is 13.3. The van der Waals surface area contributed by atoms with Crippen molar-refractivity contribution in [3.8, 4) is 11.5 Å². The summed E-state index contributed by atoms with van der Waals surface area (Å²) in [5.74, 6) is 1.90. The van der Waals surface area contributed by atoms with E-state index in [0.29, 0.717) is 23.7 Å². The Labute approximate surface area is 210 Å². The van der Waals surface area contributed by atoms with Gasteiger partial charge in [-0.15, -0.1) is 0 Å². The van der Waals surface area contributed by atoms with Crippen LogP contribution in [-0.4, -0.2) is 29.4 Å². The second kappa shape index (κ2) is 10.00. The number of aromatic nitrogens is 2. The van der Waals surface area contributed by atoms with Crippen LogP contribution in [0.15, 0.2) is 85.1 Å². The highest BCUT2D eigenvalue weighted by atomic mass is 16.5. The maximum atomic E-state index is 13.3. The van der Waals surface area contributed by atoms with Crippen LogP contribution in [0.2, 0.25) is 0 Å². The number of aryl methyl sites for hydroxylation is 1. The summed E-state index contributed by atoms with van der Waals surface area (Å²) in [6.45, 7) is 4.58. The molecule has 4 aromatic rings. The predicted molar refractivity (Wildman–Crippen MR) is 142 cm³/mol. The lowest BCUT2D eigenvalue weighted by atomic mass is 10.00. The minimum atomic E-state index is -0.248. The van der Waals surface area contributed by atoms with Gasteiger partial charge in [-0.1, -0.05) is 42.0 Å². The number of benzene rings is 3. The number of hydrogen-bond acceptors (Lipinski definition) is 5. The van der Waals surface area contributed by atoms with Crippen molar-refractivity contribution >= 4 is 23.1 Å². The molecule has 1 amide bonds. The number of fused-ring (bicyclic) bond motifs is 1. The molecule has 1 aliphatic heterocycles. The summed E-state index contributed by atoms with van der Waals surface area (Å²) in [4.78, 5) is 13.3. The molecule has 182 valence electrons. The lowest BCUT2D eigenvalue weighted by Gasteiger charge is -2.26. The number of ether oxygens (including phenoxy) is 2. The van der Waals surface area contributed by atoms with E-state index < -0.39 is 0 Å². The van der Waals surface area contributed by atoms with E-state index in [4.69, 9.17) is 9.47 Å². The van der Waals surface area contributed by atoms with Crippen molar-refractivity contribution in [1.29, 1.82) is 0 Å². The SMILES string of the molecule is CCOc1ccc(NC(=O)c2cnn3c2NC(c2cccc(OC)c2)=C[C@H]3c2ccc(C)cc2)cc1. The lowest BCUT2D eigenvalue weighted by Crippen LogP contribution is -2.22. The summed E-state index contributed by atoms with van der Waals surface area (Å²) in [6.07, 6.45) is 3.73. The van der Waals surface area contributed by atoms with Gasteiger partial charge < -0.3 is 20.1 Å². The van der Waals surface area contributed by atoms with E-state index in [-0.39, 0.29) is 11.9 Å². The molecule has 0 unspecified atom stereocenters. The van der Waals surface area contributed by atoms with Gasteiger partial charge in [0.25, 0.3) is 5.91 Å². The summed E-state index contributed by atoms with van der Waals surface area (Å²) in [5, 5.41) is 11.0.